The number of aromatic nitrogens is 5. The van der Waals surface area contributed by atoms with Gasteiger partial charge in [-0.1, -0.05) is 6.07 Å². The molecule has 2 amide bonds. The third kappa shape index (κ3) is 8.01. The number of hydrogen-bond acceptors (Lipinski definition) is 7. The monoisotopic (exact) mass is 592 g/mol. The molecule has 0 unspecified atom stereocenters. The number of likely N-dealkylation sites (N-methyl/N-ethyl adjacent to an activating group) is 1. The Morgan fingerprint density at radius 3 is 2.77 bits per heavy atom. The summed E-state index contributed by atoms with van der Waals surface area (Å²) < 4.78 is 34.0. The van der Waals surface area contributed by atoms with Crippen LogP contribution in [0.5, 0.6) is 0 Å². The van der Waals surface area contributed by atoms with E-state index in [0.29, 0.717) is 36.0 Å². The van der Waals surface area contributed by atoms with Crippen molar-refractivity contribution in [3.63, 3.8) is 0 Å². The predicted molar refractivity (Wildman–Crippen MR) is 161 cm³/mol. The van der Waals surface area contributed by atoms with Gasteiger partial charge >= 0.3 is 6.03 Å². The number of carbonyl (C=O) groups excluding carboxylic acids is 1. The second-order valence-corrected chi connectivity index (χ2v) is 10.9. The maximum absolute atomic E-state index is 14.7. The molecular formula is C31H38F2N8O2. The molecule has 0 bridgehead atoms. The average Bonchev–Trinajstić information content (AvgIpc) is 3.42. The van der Waals surface area contributed by atoms with E-state index in [1.807, 2.05) is 25.1 Å². The Labute approximate surface area is 249 Å². The van der Waals surface area contributed by atoms with Gasteiger partial charge in [0.25, 0.3) is 0 Å². The Kier molecular flexibility index (Phi) is 10.1. The van der Waals surface area contributed by atoms with Gasteiger partial charge in [-0.3, -0.25) is 4.98 Å². The number of H-pyrrole nitrogens is 1. The molecule has 0 aliphatic heterocycles. The Bertz CT molecular complexity index is 1530. The number of fused-ring (bicyclic) bond motifs is 1. The fourth-order valence-corrected chi connectivity index (χ4v) is 5.38. The average molecular weight is 593 g/mol. The molecule has 4 aromatic rings. The second kappa shape index (κ2) is 14.3. The number of nitrogens with zero attached hydrogens (tertiary/aromatic N) is 5. The molecule has 0 aromatic carbocycles. The minimum absolute atomic E-state index is 0.0555. The summed E-state index contributed by atoms with van der Waals surface area (Å²) in [6.07, 6.45) is 9.48. The summed E-state index contributed by atoms with van der Waals surface area (Å²) in [6, 6.07) is 7.08. The van der Waals surface area contributed by atoms with Crippen molar-refractivity contribution in [1.82, 2.24) is 35.1 Å². The van der Waals surface area contributed by atoms with Crippen LogP contribution in [0.3, 0.4) is 0 Å². The quantitative estimate of drug-likeness (QED) is 0.192. The zero-order valence-corrected chi connectivity index (χ0v) is 24.6. The fourth-order valence-electron chi connectivity index (χ4n) is 5.38. The third-order valence-electron chi connectivity index (χ3n) is 7.67. The molecule has 1 aliphatic rings. The van der Waals surface area contributed by atoms with Crippen LogP contribution in [0.4, 0.5) is 19.4 Å². The lowest BCUT2D eigenvalue weighted by molar-refractivity contribution is 0.145. The van der Waals surface area contributed by atoms with Crippen molar-refractivity contribution < 1.29 is 18.3 Å². The van der Waals surface area contributed by atoms with E-state index in [1.54, 1.807) is 18.1 Å². The first-order valence-electron chi connectivity index (χ1n) is 14.9. The SMILES string of the molecule is CCOCCCc1cccc(CCN(C)C(=O)N[C@H]2CCC[C@@H](Nc3nc(-c4c[nH]c5ncc(F)cc45)ncc3F)C2)n1. The number of halogens is 2. The van der Waals surface area contributed by atoms with Crippen molar-refractivity contribution in [1.29, 1.82) is 0 Å². The van der Waals surface area contributed by atoms with E-state index >= 15 is 0 Å². The van der Waals surface area contributed by atoms with Crippen LogP contribution in [-0.2, 0) is 17.6 Å². The topological polar surface area (TPSA) is 121 Å². The molecule has 0 saturated heterocycles. The van der Waals surface area contributed by atoms with Gasteiger partial charge in [0, 0.05) is 73.8 Å². The lowest BCUT2D eigenvalue weighted by Crippen LogP contribution is -2.47. The van der Waals surface area contributed by atoms with E-state index in [1.165, 1.54) is 6.07 Å². The van der Waals surface area contributed by atoms with Gasteiger partial charge in [0.2, 0.25) is 0 Å². The third-order valence-corrected chi connectivity index (χ3v) is 7.67. The zero-order chi connectivity index (χ0) is 30.2. The lowest BCUT2D eigenvalue weighted by atomic mass is 9.91. The highest BCUT2D eigenvalue weighted by Gasteiger charge is 2.26. The second-order valence-electron chi connectivity index (χ2n) is 10.9. The Hall–Kier alpha value is -4.19. The van der Waals surface area contributed by atoms with E-state index in [2.05, 4.69) is 30.6 Å². The summed E-state index contributed by atoms with van der Waals surface area (Å²) in [5.41, 5.74) is 3.01. The molecule has 43 heavy (non-hydrogen) atoms. The summed E-state index contributed by atoms with van der Waals surface area (Å²) in [5.74, 6) is -0.726. The Morgan fingerprint density at radius 2 is 1.93 bits per heavy atom. The molecule has 1 fully saturated rings. The molecule has 1 aliphatic carbocycles. The van der Waals surface area contributed by atoms with Crippen LogP contribution in [0, 0.1) is 11.6 Å². The minimum atomic E-state index is -0.578. The molecular weight excluding hydrogens is 554 g/mol. The first-order chi connectivity index (χ1) is 20.9. The molecule has 4 aromatic heterocycles. The minimum Gasteiger partial charge on any atom is -0.382 e. The van der Waals surface area contributed by atoms with Gasteiger partial charge < -0.3 is 25.3 Å². The van der Waals surface area contributed by atoms with E-state index in [4.69, 9.17) is 9.72 Å². The maximum atomic E-state index is 14.7. The summed E-state index contributed by atoms with van der Waals surface area (Å²) in [6.45, 7) is 3.97. The first kappa shape index (κ1) is 30.3. The molecule has 12 heteroatoms. The van der Waals surface area contributed by atoms with E-state index < -0.39 is 11.6 Å². The molecule has 2 atom stereocenters. The van der Waals surface area contributed by atoms with Crippen LogP contribution in [-0.4, -0.2) is 74.7 Å². The summed E-state index contributed by atoms with van der Waals surface area (Å²) in [5, 5.41) is 6.86. The van der Waals surface area contributed by atoms with E-state index in [0.717, 1.165) is 69.1 Å². The van der Waals surface area contributed by atoms with Gasteiger partial charge in [0.15, 0.2) is 17.5 Å². The normalized spacial score (nSPS) is 16.7. The van der Waals surface area contributed by atoms with E-state index in [9.17, 15) is 13.6 Å². The number of anilines is 1. The number of hydrogen-bond donors (Lipinski definition) is 3. The van der Waals surface area contributed by atoms with Gasteiger partial charge in [-0.2, -0.15) is 0 Å². The number of pyridine rings is 2. The van der Waals surface area contributed by atoms with Crippen molar-refractivity contribution in [3.05, 3.63) is 65.9 Å². The predicted octanol–water partition coefficient (Wildman–Crippen LogP) is 5.27. The largest absolute Gasteiger partial charge is 0.382 e. The van der Waals surface area contributed by atoms with Crippen molar-refractivity contribution >= 4 is 22.9 Å². The van der Waals surface area contributed by atoms with Crippen LogP contribution >= 0.6 is 0 Å². The van der Waals surface area contributed by atoms with Gasteiger partial charge in [-0.25, -0.2) is 28.5 Å². The van der Waals surface area contributed by atoms with Crippen molar-refractivity contribution in [2.45, 2.75) is 64.0 Å². The summed E-state index contributed by atoms with van der Waals surface area (Å²) in [4.78, 5) is 34.9. The molecule has 4 heterocycles. The van der Waals surface area contributed by atoms with Gasteiger partial charge in [-0.05, 0) is 63.6 Å². The summed E-state index contributed by atoms with van der Waals surface area (Å²) >= 11 is 0. The number of rotatable bonds is 12. The van der Waals surface area contributed by atoms with Crippen LogP contribution in [0.25, 0.3) is 22.4 Å². The van der Waals surface area contributed by atoms with Crippen LogP contribution < -0.4 is 10.6 Å². The highest BCUT2D eigenvalue weighted by atomic mass is 19.1. The molecule has 0 radical (unpaired) electrons. The Balaban J connectivity index is 1.14. The highest BCUT2D eigenvalue weighted by molar-refractivity contribution is 5.91. The maximum Gasteiger partial charge on any atom is 0.317 e. The number of amides is 2. The number of carbonyl (C=O) groups is 1. The molecule has 5 rings (SSSR count). The molecule has 1 saturated carbocycles. The van der Waals surface area contributed by atoms with Crippen molar-refractivity contribution in [3.8, 4) is 11.4 Å². The van der Waals surface area contributed by atoms with Crippen LogP contribution in [0.1, 0.15) is 50.4 Å². The summed E-state index contributed by atoms with van der Waals surface area (Å²) in [7, 11) is 1.78. The fraction of sp³-hybridized carbons (Fsp3) is 0.452. The van der Waals surface area contributed by atoms with Crippen LogP contribution in [0.2, 0.25) is 0 Å². The molecule has 228 valence electrons. The highest BCUT2D eigenvalue weighted by Crippen LogP contribution is 2.28. The van der Waals surface area contributed by atoms with Gasteiger partial charge in [0.1, 0.15) is 11.5 Å². The number of nitrogens with one attached hydrogen (secondary N) is 3. The molecule has 0 spiro atoms. The molecule has 3 N–H and O–H groups in total. The van der Waals surface area contributed by atoms with Gasteiger partial charge in [-0.15, -0.1) is 0 Å². The van der Waals surface area contributed by atoms with Crippen molar-refractivity contribution in [2.24, 2.45) is 0 Å². The smallest absolute Gasteiger partial charge is 0.317 e. The lowest BCUT2D eigenvalue weighted by Gasteiger charge is -2.32. The number of ether oxygens (including phenoxy) is 1. The van der Waals surface area contributed by atoms with E-state index in [-0.39, 0.29) is 29.8 Å². The van der Waals surface area contributed by atoms with Crippen molar-refractivity contribution in [2.75, 3.05) is 32.1 Å². The number of aromatic amines is 1. The van der Waals surface area contributed by atoms with Crippen LogP contribution in [0.15, 0.2) is 42.9 Å². The number of urea groups is 1. The number of aryl methyl sites for hydroxylation is 1. The van der Waals surface area contributed by atoms with Gasteiger partial charge in [0.05, 0.1) is 12.4 Å². The Morgan fingerprint density at radius 1 is 1.12 bits per heavy atom. The standard InChI is InChI=1S/C31H38F2N8O2/c1-3-43-14-6-11-21-7-4-8-22(37-21)12-13-41(2)31(42)39-24-10-5-9-23(16-24)38-30-27(33)19-36-29(40-30)26-18-35-28-25(26)15-20(32)17-34-28/h4,7-8,15,17-19,23-24H,3,5-6,9-14,16H2,1-2H3,(H,34,35)(H,39,42)(H,36,38,40)/t23-,24+/m1/s1. The first-order valence-corrected chi connectivity index (χ1v) is 14.9. The zero-order valence-electron chi connectivity index (χ0n) is 24.6. The molecule has 10 nitrogen and oxygen atoms in total.